The summed E-state index contributed by atoms with van der Waals surface area (Å²) in [4.78, 5) is 23.8. The van der Waals surface area contributed by atoms with E-state index in [9.17, 15) is 9.59 Å². The second-order valence-electron chi connectivity index (χ2n) is 5.79. The van der Waals surface area contributed by atoms with Gasteiger partial charge in [0.1, 0.15) is 0 Å². The number of hydrogen-bond acceptors (Lipinski definition) is 4. The van der Waals surface area contributed by atoms with Gasteiger partial charge < -0.3 is 5.32 Å². The number of anilines is 1. The molecule has 2 aromatic rings. The molecule has 2 unspecified atom stereocenters. The van der Waals surface area contributed by atoms with Crippen LogP contribution in [0.25, 0.3) is 0 Å². The van der Waals surface area contributed by atoms with Gasteiger partial charge in [-0.15, -0.1) is 0 Å². The minimum absolute atomic E-state index is 0.0188. The summed E-state index contributed by atoms with van der Waals surface area (Å²) in [5, 5.41) is 6.96. The standard InChI is InChI=1S/C18H15N3O2S/c1-10-16(20-21-18(23)24-10)12-7-8-14-13(9-12)15(17(22)19-14)11-5-3-2-4-6-11/h2-10,15H,1H3,(H,19,22)(H,21,23). The van der Waals surface area contributed by atoms with Crippen LogP contribution in [0.3, 0.4) is 0 Å². The fraction of sp³-hybridized carbons (Fsp3) is 0.167. The number of rotatable bonds is 2. The molecule has 0 radical (unpaired) electrons. The van der Waals surface area contributed by atoms with Crippen LogP contribution in [-0.2, 0) is 4.79 Å². The lowest BCUT2D eigenvalue weighted by atomic mass is 9.90. The van der Waals surface area contributed by atoms with Crippen LogP contribution in [0.4, 0.5) is 10.5 Å². The van der Waals surface area contributed by atoms with Crippen molar-refractivity contribution in [1.29, 1.82) is 0 Å². The summed E-state index contributed by atoms with van der Waals surface area (Å²) in [5.74, 6) is -0.336. The highest BCUT2D eigenvalue weighted by Crippen LogP contribution is 2.38. The van der Waals surface area contributed by atoms with E-state index in [0.29, 0.717) is 0 Å². The van der Waals surface area contributed by atoms with Gasteiger partial charge in [0, 0.05) is 5.69 Å². The Labute approximate surface area is 143 Å². The normalized spacial score (nSPS) is 22.5. The molecule has 2 N–H and O–H groups in total. The Kier molecular flexibility index (Phi) is 3.61. The molecule has 0 saturated heterocycles. The van der Waals surface area contributed by atoms with Gasteiger partial charge in [-0.2, -0.15) is 5.10 Å². The lowest BCUT2D eigenvalue weighted by Crippen LogP contribution is -2.29. The minimum atomic E-state index is -0.317. The number of amides is 2. The molecule has 2 atom stereocenters. The molecule has 6 heteroatoms. The van der Waals surface area contributed by atoms with Gasteiger partial charge in [-0.3, -0.25) is 9.59 Å². The Hall–Kier alpha value is -2.60. The van der Waals surface area contributed by atoms with Crippen molar-refractivity contribution in [3.63, 3.8) is 0 Å². The smallest absolute Gasteiger partial charge is 0.299 e. The van der Waals surface area contributed by atoms with E-state index in [1.54, 1.807) is 0 Å². The van der Waals surface area contributed by atoms with Gasteiger partial charge in [0.2, 0.25) is 5.91 Å². The average molecular weight is 337 g/mol. The van der Waals surface area contributed by atoms with Crippen LogP contribution in [0.5, 0.6) is 0 Å². The Balaban J connectivity index is 1.77. The summed E-state index contributed by atoms with van der Waals surface area (Å²) in [6.45, 7) is 1.95. The molecule has 2 aromatic carbocycles. The van der Waals surface area contributed by atoms with Crippen molar-refractivity contribution in [2.75, 3.05) is 5.32 Å². The molecule has 2 aliphatic rings. The fourth-order valence-corrected chi connectivity index (χ4v) is 3.86. The van der Waals surface area contributed by atoms with Crippen molar-refractivity contribution >= 4 is 34.3 Å². The molecule has 0 aromatic heterocycles. The van der Waals surface area contributed by atoms with Crippen LogP contribution in [0, 0.1) is 0 Å². The number of nitrogens with one attached hydrogen (secondary N) is 2. The maximum Gasteiger partial charge on any atom is 0.299 e. The Morgan fingerprint density at radius 1 is 1.08 bits per heavy atom. The number of carbonyl (C=O) groups excluding carboxylic acids is 2. The Morgan fingerprint density at radius 3 is 2.62 bits per heavy atom. The summed E-state index contributed by atoms with van der Waals surface area (Å²) in [5.41, 5.74) is 6.99. The predicted molar refractivity (Wildman–Crippen MR) is 95.5 cm³/mol. The monoisotopic (exact) mass is 337 g/mol. The van der Waals surface area contributed by atoms with E-state index in [0.717, 1.165) is 28.1 Å². The molecule has 4 rings (SSSR count). The molecule has 0 bridgehead atoms. The van der Waals surface area contributed by atoms with E-state index >= 15 is 0 Å². The van der Waals surface area contributed by atoms with E-state index in [1.807, 2.05) is 55.5 Å². The Morgan fingerprint density at radius 2 is 1.88 bits per heavy atom. The van der Waals surface area contributed by atoms with Gasteiger partial charge >= 0.3 is 0 Å². The number of benzene rings is 2. The maximum absolute atomic E-state index is 12.4. The molecule has 2 amide bonds. The number of carbonyl (C=O) groups is 2. The van der Waals surface area contributed by atoms with E-state index in [-0.39, 0.29) is 22.3 Å². The quantitative estimate of drug-likeness (QED) is 0.883. The molecule has 24 heavy (non-hydrogen) atoms. The molecule has 0 saturated carbocycles. The van der Waals surface area contributed by atoms with Crippen molar-refractivity contribution in [1.82, 2.24) is 5.43 Å². The number of nitrogens with zero attached hydrogens (tertiary/aromatic N) is 1. The SMILES string of the molecule is CC1SC(=O)NN=C1c1ccc2c(c1)C(c1ccccc1)C(=O)N2. The fourth-order valence-electron chi connectivity index (χ4n) is 3.14. The summed E-state index contributed by atoms with van der Waals surface area (Å²) >= 11 is 1.21. The number of thioether (sulfide) groups is 1. The number of fused-ring (bicyclic) bond motifs is 1. The van der Waals surface area contributed by atoms with Crippen LogP contribution < -0.4 is 10.7 Å². The summed E-state index contributed by atoms with van der Waals surface area (Å²) in [6, 6.07) is 15.6. The maximum atomic E-state index is 12.4. The third-order valence-electron chi connectivity index (χ3n) is 4.25. The first kappa shape index (κ1) is 15.0. The molecule has 120 valence electrons. The van der Waals surface area contributed by atoms with Crippen molar-refractivity contribution in [3.05, 3.63) is 65.2 Å². The van der Waals surface area contributed by atoms with Crippen molar-refractivity contribution in [2.24, 2.45) is 5.10 Å². The van der Waals surface area contributed by atoms with Crippen LogP contribution in [-0.4, -0.2) is 22.1 Å². The molecule has 0 aliphatic carbocycles. The average Bonchev–Trinajstić information content (AvgIpc) is 2.90. The summed E-state index contributed by atoms with van der Waals surface area (Å²) < 4.78 is 0. The van der Waals surface area contributed by atoms with Gasteiger partial charge in [-0.1, -0.05) is 48.2 Å². The van der Waals surface area contributed by atoms with Gasteiger partial charge in [-0.05, 0) is 35.7 Å². The number of hydrazone groups is 1. The number of hydrogen-bond donors (Lipinski definition) is 2. The van der Waals surface area contributed by atoms with Crippen LogP contribution in [0.15, 0.2) is 53.6 Å². The highest BCUT2D eigenvalue weighted by atomic mass is 32.2. The van der Waals surface area contributed by atoms with E-state index in [4.69, 9.17) is 0 Å². The van der Waals surface area contributed by atoms with Crippen molar-refractivity contribution in [2.45, 2.75) is 18.1 Å². The van der Waals surface area contributed by atoms with Gasteiger partial charge in [0.25, 0.3) is 5.24 Å². The van der Waals surface area contributed by atoms with Crippen molar-refractivity contribution < 1.29 is 9.59 Å². The van der Waals surface area contributed by atoms with Crippen LogP contribution >= 0.6 is 11.8 Å². The van der Waals surface area contributed by atoms with Gasteiger partial charge in [0.05, 0.1) is 16.9 Å². The zero-order chi connectivity index (χ0) is 16.7. The zero-order valence-electron chi connectivity index (χ0n) is 12.9. The zero-order valence-corrected chi connectivity index (χ0v) is 13.8. The van der Waals surface area contributed by atoms with Gasteiger partial charge in [0.15, 0.2) is 0 Å². The van der Waals surface area contributed by atoms with Gasteiger partial charge in [-0.25, -0.2) is 5.43 Å². The second kappa shape index (κ2) is 5.79. The largest absolute Gasteiger partial charge is 0.325 e. The molecule has 2 aliphatic heterocycles. The Bertz CT molecular complexity index is 864. The molecule has 5 nitrogen and oxygen atoms in total. The molecule has 2 heterocycles. The molecule has 0 fully saturated rings. The first-order valence-electron chi connectivity index (χ1n) is 7.68. The van der Waals surface area contributed by atoms with E-state index in [1.165, 1.54) is 11.8 Å². The third kappa shape index (κ3) is 2.49. The topological polar surface area (TPSA) is 70.6 Å². The minimum Gasteiger partial charge on any atom is -0.325 e. The first-order chi connectivity index (χ1) is 11.6. The summed E-state index contributed by atoms with van der Waals surface area (Å²) in [7, 11) is 0. The predicted octanol–water partition coefficient (Wildman–Crippen LogP) is 3.32. The first-order valence-corrected chi connectivity index (χ1v) is 8.56. The van der Waals surface area contributed by atoms with Crippen LogP contribution in [0.2, 0.25) is 0 Å². The highest BCUT2D eigenvalue weighted by molar-refractivity contribution is 8.14. The highest BCUT2D eigenvalue weighted by Gasteiger charge is 2.33. The van der Waals surface area contributed by atoms with E-state index < -0.39 is 0 Å². The lowest BCUT2D eigenvalue weighted by Gasteiger charge is -2.19. The molecular formula is C18H15N3O2S. The lowest BCUT2D eigenvalue weighted by molar-refractivity contribution is -0.116. The van der Waals surface area contributed by atoms with E-state index in [2.05, 4.69) is 15.8 Å². The summed E-state index contributed by atoms with van der Waals surface area (Å²) in [6.07, 6.45) is 0. The van der Waals surface area contributed by atoms with Crippen molar-refractivity contribution in [3.8, 4) is 0 Å². The molecular weight excluding hydrogens is 322 g/mol. The molecule has 0 spiro atoms. The van der Waals surface area contributed by atoms with Crippen LogP contribution in [0.1, 0.15) is 29.5 Å². The second-order valence-corrected chi connectivity index (χ2v) is 7.10. The third-order valence-corrected chi connectivity index (χ3v) is 5.13.